The van der Waals surface area contributed by atoms with E-state index in [9.17, 15) is 4.79 Å². The molecule has 1 aromatic rings. The Balaban J connectivity index is 2.03. The number of amides is 1. The second-order valence-corrected chi connectivity index (χ2v) is 5.77. The van der Waals surface area contributed by atoms with Crippen molar-refractivity contribution < 1.29 is 10.0 Å². The highest BCUT2D eigenvalue weighted by Crippen LogP contribution is 2.51. The van der Waals surface area contributed by atoms with Crippen molar-refractivity contribution in [3.63, 3.8) is 0 Å². The molecule has 0 unspecified atom stereocenters. The maximum atomic E-state index is 12.2. The summed E-state index contributed by atoms with van der Waals surface area (Å²) in [6.07, 6.45) is 2.35. The molecule has 0 heterocycles. The van der Waals surface area contributed by atoms with Crippen molar-refractivity contribution in [3.8, 4) is 0 Å². The predicted octanol–water partition coefficient (Wildman–Crippen LogP) is 1.95. The highest BCUT2D eigenvalue weighted by Gasteiger charge is 2.45. The molecule has 0 aliphatic heterocycles. The van der Waals surface area contributed by atoms with Gasteiger partial charge in [0.25, 0.3) is 5.91 Å². The number of nitrogens with two attached hydrogens (primary N) is 1. The van der Waals surface area contributed by atoms with E-state index in [4.69, 9.17) is 10.9 Å². The Morgan fingerprint density at radius 1 is 1.45 bits per heavy atom. The quantitative estimate of drug-likeness (QED) is 0.332. The second kappa shape index (κ2) is 5.53. The Morgan fingerprint density at radius 2 is 2.10 bits per heavy atom. The molecule has 0 aromatic heterocycles. The van der Waals surface area contributed by atoms with Crippen LogP contribution in [-0.4, -0.2) is 23.5 Å². The zero-order valence-corrected chi connectivity index (χ0v) is 11.9. The molecule has 5 nitrogen and oxygen atoms in total. The minimum Gasteiger partial charge on any atom is -0.409 e. The van der Waals surface area contributed by atoms with Crippen molar-refractivity contribution in [2.75, 3.05) is 6.54 Å². The normalized spacial score (nSPS) is 17.1. The first kappa shape index (κ1) is 14.4. The minimum atomic E-state index is -0.121. The lowest BCUT2D eigenvalue weighted by atomic mass is 9.92. The van der Waals surface area contributed by atoms with Gasteiger partial charge < -0.3 is 16.3 Å². The van der Waals surface area contributed by atoms with Crippen LogP contribution < -0.4 is 11.1 Å². The van der Waals surface area contributed by atoms with Crippen LogP contribution in [-0.2, 0) is 0 Å². The molecular formula is C15H21N3O2. The Kier molecular flexibility index (Phi) is 3.97. The molecule has 4 N–H and O–H groups in total. The number of nitrogens with one attached hydrogen (secondary N) is 1. The number of amidine groups is 1. The van der Waals surface area contributed by atoms with E-state index in [0.717, 1.165) is 0 Å². The van der Waals surface area contributed by atoms with Crippen LogP contribution in [0.4, 0.5) is 0 Å². The molecule has 0 atom stereocenters. The third kappa shape index (κ3) is 2.92. The fourth-order valence-corrected chi connectivity index (χ4v) is 2.35. The largest absolute Gasteiger partial charge is 0.409 e. The number of carbonyl (C=O) groups is 1. The summed E-state index contributed by atoms with van der Waals surface area (Å²) in [6.45, 7) is 5.09. The van der Waals surface area contributed by atoms with Gasteiger partial charge in [0.2, 0.25) is 0 Å². The van der Waals surface area contributed by atoms with E-state index in [1.54, 1.807) is 24.3 Å². The summed E-state index contributed by atoms with van der Waals surface area (Å²) >= 11 is 0. The summed E-state index contributed by atoms with van der Waals surface area (Å²) in [5, 5.41) is 14.6. The van der Waals surface area contributed by atoms with Gasteiger partial charge in [-0.05, 0) is 36.3 Å². The first-order chi connectivity index (χ1) is 9.48. The van der Waals surface area contributed by atoms with Crippen molar-refractivity contribution in [1.29, 1.82) is 0 Å². The Morgan fingerprint density at radius 3 is 2.65 bits per heavy atom. The van der Waals surface area contributed by atoms with Crippen LogP contribution in [0.25, 0.3) is 0 Å². The van der Waals surface area contributed by atoms with Gasteiger partial charge >= 0.3 is 0 Å². The first-order valence-electron chi connectivity index (χ1n) is 6.85. The summed E-state index contributed by atoms with van der Waals surface area (Å²) in [5.41, 5.74) is 6.86. The molecule has 1 amide bonds. The van der Waals surface area contributed by atoms with Gasteiger partial charge in [-0.2, -0.15) is 0 Å². The molecule has 20 heavy (non-hydrogen) atoms. The molecule has 108 valence electrons. The first-order valence-corrected chi connectivity index (χ1v) is 6.85. The van der Waals surface area contributed by atoms with Crippen LogP contribution in [0.15, 0.2) is 29.4 Å². The number of hydrogen-bond acceptors (Lipinski definition) is 3. The Bertz CT molecular complexity index is 534. The van der Waals surface area contributed by atoms with E-state index < -0.39 is 0 Å². The fraction of sp³-hybridized carbons (Fsp3) is 0.467. The SMILES string of the molecule is CC(C)C1(CNC(=O)c2cccc(/C(N)=N/O)c2)CC1. The van der Waals surface area contributed by atoms with E-state index in [1.807, 2.05) is 0 Å². The summed E-state index contributed by atoms with van der Waals surface area (Å²) in [7, 11) is 0. The molecule has 0 saturated heterocycles. The molecule has 5 heteroatoms. The van der Waals surface area contributed by atoms with Gasteiger partial charge in [-0.1, -0.05) is 31.1 Å². The van der Waals surface area contributed by atoms with E-state index in [0.29, 0.717) is 23.6 Å². The zero-order valence-electron chi connectivity index (χ0n) is 11.9. The lowest BCUT2D eigenvalue weighted by Crippen LogP contribution is -2.32. The zero-order chi connectivity index (χ0) is 14.8. The standard InChI is InChI=1S/C15H21N3O2/c1-10(2)15(6-7-15)9-17-14(19)12-5-3-4-11(8-12)13(16)18-20/h3-5,8,10,20H,6-7,9H2,1-2H3,(H2,16,18)(H,17,19). The van der Waals surface area contributed by atoms with E-state index in [1.165, 1.54) is 12.8 Å². The van der Waals surface area contributed by atoms with E-state index >= 15 is 0 Å². The van der Waals surface area contributed by atoms with Crippen LogP contribution in [0, 0.1) is 11.3 Å². The smallest absolute Gasteiger partial charge is 0.251 e. The topological polar surface area (TPSA) is 87.7 Å². The third-order valence-corrected chi connectivity index (χ3v) is 4.25. The van der Waals surface area contributed by atoms with Crippen molar-refractivity contribution in [2.24, 2.45) is 22.2 Å². The Labute approximate surface area is 118 Å². The molecule has 0 radical (unpaired) electrons. The number of nitrogens with zero attached hydrogens (tertiary/aromatic N) is 1. The average Bonchev–Trinajstić information content (AvgIpc) is 3.25. The van der Waals surface area contributed by atoms with Gasteiger partial charge in [-0.25, -0.2) is 0 Å². The number of benzene rings is 1. The molecule has 0 spiro atoms. The fourth-order valence-electron chi connectivity index (χ4n) is 2.35. The van der Waals surface area contributed by atoms with Gasteiger partial charge in [0.05, 0.1) is 0 Å². The highest BCUT2D eigenvalue weighted by atomic mass is 16.4. The molecule has 2 rings (SSSR count). The van der Waals surface area contributed by atoms with Crippen molar-refractivity contribution in [3.05, 3.63) is 35.4 Å². The summed E-state index contributed by atoms with van der Waals surface area (Å²) in [6, 6.07) is 6.76. The maximum absolute atomic E-state index is 12.2. The molecule has 0 bridgehead atoms. The van der Waals surface area contributed by atoms with Crippen LogP contribution in [0.2, 0.25) is 0 Å². The number of rotatable bonds is 5. The van der Waals surface area contributed by atoms with Gasteiger partial charge in [0.15, 0.2) is 5.84 Å². The maximum Gasteiger partial charge on any atom is 0.251 e. The number of hydrogen-bond donors (Lipinski definition) is 3. The van der Waals surface area contributed by atoms with Gasteiger partial charge in [0.1, 0.15) is 0 Å². The lowest BCUT2D eigenvalue weighted by Gasteiger charge is -2.20. The lowest BCUT2D eigenvalue weighted by molar-refractivity contribution is 0.0939. The number of oxime groups is 1. The van der Waals surface area contributed by atoms with Crippen LogP contribution >= 0.6 is 0 Å². The van der Waals surface area contributed by atoms with Gasteiger partial charge in [0, 0.05) is 17.7 Å². The molecule has 1 aromatic carbocycles. The summed E-state index contributed by atoms with van der Waals surface area (Å²) < 4.78 is 0. The van der Waals surface area contributed by atoms with E-state index in [2.05, 4.69) is 24.3 Å². The van der Waals surface area contributed by atoms with Crippen molar-refractivity contribution in [1.82, 2.24) is 5.32 Å². The predicted molar refractivity (Wildman–Crippen MR) is 77.8 cm³/mol. The molecule has 1 fully saturated rings. The number of carbonyl (C=O) groups excluding carboxylic acids is 1. The molecular weight excluding hydrogens is 254 g/mol. The molecule has 1 aliphatic rings. The van der Waals surface area contributed by atoms with E-state index in [-0.39, 0.29) is 17.2 Å². The summed E-state index contributed by atoms with van der Waals surface area (Å²) in [5.74, 6) is 0.455. The van der Waals surface area contributed by atoms with Crippen molar-refractivity contribution in [2.45, 2.75) is 26.7 Å². The third-order valence-electron chi connectivity index (χ3n) is 4.25. The van der Waals surface area contributed by atoms with Crippen LogP contribution in [0.3, 0.4) is 0 Å². The average molecular weight is 275 g/mol. The second-order valence-electron chi connectivity index (χ2n) is 5.77. The summed E-state index contributed by atoms with van der Waals surface area (Å²) in [4.78, 5) is 12.2. The molecule has 1 aliphatic carbocycles. The van der Waals surface area contributed by atoms with Crippen LogP contribution in [0.1, 0.15) is 42.6 Å². The van der Waals surface area contributed by atoms with Crippen LogP contribution in [0.5, 0.6) is 0 Å². The minimum absolute atomic E-state index is 0.000457. The highest BCUT2D eigenvalue weighted by molar-refractivity contribution is 6.01. The van der Waals surface area contributed by atoms with Crippen molar-refractivity contribution >= 4 is 11.7 Å². The van der Waals surface area contributed by atoms with Gasteiger partial charge in [-0.3, -0.25) is 4.79 Å². The monoisotopic (exact) mass is 275 g/mol. The Hall–Kier alpha value is -2.04. The molecule has 1 saturated carbocycles. The van der Waals surface area contributed by atoms with Gasteiger partial charge in [-0.15, -0.1) is 0 Å².